The third kappa shape index (κ3) is 7.93. The molecule has 7 N–H and O–H groups in total. The highest BCUT2D eigenvalue weighted by molar-refractivity contribution is 5.81. The molecule has 0 aliphatic heterocycles. The first-order chi connectivity index (χ1) is 9.81. The summed E-state index contributed by atoms with van der Waals surface area (Å²) in [5, 5.41) is 56.7. The molecule has 1 amide bonds. The molecule has 9 nitrogen and oxygen atoms in total. The molecule has 0 fully saturated rings. The third-order valence-corrected chi connectivity index (χ3v) is 2.89. The van der Waals surface area contributed by atoms with Crippen molar-refractivity contribution in [3.05, 3.63) is 0 Å². The molecular weight excluding hydrogens is 286 g/mol. The van der Waals surface area contributed by atoms with Crippen LogP contribution in [0.3, 0.4) is 0 Å². The van der Waals surface area contributed by atoms with E-state index in [1.165, 1.54) is 0 Å². The first kappa shape index (κ1) is 19.7. The number of amides is 1. The number of nitrogens with one attached hydrogen (secondary N) is 1. The van der Waals surface area contributed by atoms with Crippen molar-refractivity contribution in [1.82, 2.24) is 5.32 Å². The van der Waals surface area contributed by atoms with Crippen molar-refractivity contribution in [2.75, 3.05) is 13.2 Å². The summed E-state index contributed by atoms with van der Waals surface area (Å²) in [5.41, 5.74) is 0. The monoisotopic (exact) mass is 309 g/mol. The average molecular weight is 309 g/mol. The van der Waals surface area contributed by atoms with E-state index >= 15 is 0 Å². The highest BCUT2D eigenvalue weighted by atomic mass is 16.4. The fourth-order valence-electron chi connectivity index (χ4n) is 1.57. The van der Waals surface area contributed by atoms with Gasteiger partial charge in [-0.25, -0.2) is 0 Å². The lowest BCUT2D eigenvalue weighted by atomic mass is 10.0. The zero-order valence-corrected chi connectivity index (χ0v) is 11.6. The normalized spacial score (nSPS) is 16.8. The molecule has 0 bridgehead atoms. The van der Waals surface area contributed by atoms with Gasteiger partial charge >= 0.3 is 5.97 Å². The number of carboxylic acids is 1. The van der Waals surface area contributed by atoms with Crippen LogP contribution in [-0.2, 0) is 9.59 Å². The van der Waals surface area contributed by atoms with E-state index in [0.29, 0.717) is 19.3 Å². The second kappa shape index (κ2) is 10.5. The summed E-state index contributed by atoms with van der Waals surface area (Å²) in [5.74, 6) is -1.82. The lowest BCUT2D eigenvalue weighted by Gasteiger charge is -2.24. The zero-order chi connectivity index (χ0) is 16.4. The van der Waals surface area contributed by atoms with Gasteiger partial charge in [0.2, 0.25) is 0 Å². The summed E-state index contributed by atoms with van der Waals surface area (Å²) in [6.45, 7) is -0.642. The van der Waals surface area contributed by atoms with Gasteiger partial charge in [0.1, 0.15) is 18.3 Å². The predicted molar refractivity (Wildman–Crippen MR) is 70.2 cm³/mol. The van der Waals surface area contributed by atoms with Crippen LogP contribution in [0.15, 0.2) is 0 Å². The van der Waals surface area contributed by atoms with Crippen molar-refractivity contribution in [3.63, 3.8) is 0 Å². The molecule has 0 heterocycles. The summed E-state index contributed by atoms with van der Waals surface area (Å²) in [6, 6.07) is 0. The number of aliphatic hydroxyl groups excluding tert-OH is 5. The highest BCUT2D eigenvalue weighted by Crippen LogP contribution is 2.05. The van der Waals surface area contributed by atoms with Crippen LogP contribution in [0.1, 0.15) is 25.7 Å². The van der Waals surface area contributed by atoms with E-state index in [1.807, 2.05) is 0 Å². The van der Waals surface area contributed by atoms with Gasteiger partial charge in [0.15, 0.2) is 6.10 Å². The Labute approximate surface area is 121 Å². The Kier molecular flexibility index (Phi) is 9.84. The maximum absolute atomic E-state index is 11.5. The minimum Gasteiger partial charge on any atom is -0.481 e. The number of carbonyl (C=O) groups excluding carboxylic acids is 1. The van der Waals surface area contributed by atoms with E-state index in [9.17, 15) is 24.9 Å². The van der Waals surface area contributed by atoms with Crippen LogP contribution >= 0.6 is 0 Å². The summed E-state index contributed by atoms with van der Waals surface area (Å²) in [7, 11) is 0. The molecule has 0 saturated heterocycles. The van der Waals surface area contributed by atoms with Gasteiger partial charge in [-0.15, -0.1) is 0 Å². The van der Waals surface area contributed by atoms with Crippen LogP contribution in [0, 0.1) is 0 Å². The van der Waals surface area contributed by atoms with E-state index in [0.717, 1.165) is 0 Å². The van der Waals surface area contributed by atoms with E-state index < -0.39 is 42.9 Å². The Bertz CT molecular complexity index is 324. The van der Waals surface area contributed by atoms with Gasteiger partial charge in [0.05, 0.1) is 6.61 Å². The zero-order valence-electron chi connectivity index (χ0n) is 11.6. The molecule has 0 spiro atoms. The Morgan fingerprint density at radius 1 is 0.952 bits per heavy atom. The topological polar surface area (TPSA) is 168 Å². The second-order valence-corrected chi connectivity index (χ2v) is 4.67. The molecule has 0 aromatic carbocycles. The van der Waals surface area contributed by atoms with E-state index in [1.54, 1.807) is 0 Å². The second-order valence-electron chi connectivity index (χ2n) is 4.67. The van der Waals surface area contributed by atoms with Crippen molar-refractivity contribution in [1.29, 1.82) is 0 Å². The molecule has 0 aliphatic carbocycles. The van der Waals surface area contributed by atoms with E-state index in [4.69, 9.17) is 15.3 Å². The fourth-order valence-corrected chi connectivity index (χ4v) is 1.57. The van der Waals surface area contributed by atoms with Crippen molar-refractivity contribution in [2.45, 2.75) is 50.1 Å². The van der Waals surface area contributed by atoms with Crippen molar-refractivity contribution < 1.29 is 40.2 Å². The first-order valence-electron chi connectivity index (χ1n) is 6.63. The highest BCUT2D eigenvalue weighted by Gasteiger charge is 2.33. The number of unbranched alkanes of at least 4 members (excludes halogenated alkanes) is 2. The lowest BCUT2D eigenvalue weighted by molar-refractivity contribution is -0.149. The van der Waals surface area contributed by atoms with Gasteiger partial charge in [0, 0.05) is 13.0 Å². The Hall–Kier alpha value is -1.26. The summed E-state index contributed by atoms with van der Waals surface area (Å²) in [4.78, 5) is 21.7. The van der Waals surface area contributed by atoms with Crippen LogP contribution in [0.2, 0.25) is 0 Å². The number of aliphatic carboxylic acids is 1. The molecule has 9 heteroatoms. The maximum atomic E-state index is 11.5. The van der Waals surface area contributed by atoms with Crippen molar-refractivity contribution in [2.24, 2.45) is 0 Å². The standard InChI is InChI=1S/C12H23NO8/c14-6-7(15)9(18)10(19)11(20)12(21)13-5-3-1-2-4-8(16)17/h7,9-11,14-15,18-20H,1-6H2,(H,13,21)(H,16,17)/t7-,9+,10+,11+/m0/s1. The molecule has 21 heavy (non-hydrogen) atoms. The van der Waals surface area contributed by atoms with Crippen LogP contribution in [0.25, 0.3) is 0 Å². The molecular formula is C12H23NO8. The quantitative estimate of drug-likeness (QED) is 0.201. The van der Waals surface area contributed by atoms with E-state index in [2.05, 4.69) is 5.32 Å². The minimum absolute atomic E-state index is 0.0422. The van der Waals surface area contributed by atoms with Gasteiger partial charge in [-0.2, -0.15) is 0 Å². The molecule has 0 aliphatic rings. The Morgan fingerprint density at radius 3 is 2.10 bits per heavy atom. The van der Waals surface area contributed by atoms with Crippen molar-refractivity contribution in [3.8, 4) is 0 Å². The van der Waals surface area contributed by atoms with E-state index in [-0.39, 0.29) is 13.0 Å². The molecule has 0 aromatic heterocycles. The SMILES string of the molecule is O=C(O)CCCCCNC(=O)[C@H](O)[C@H](O)[C@H](O)[C@@H](O)CO. The largest absolute Gasteiger partial charge is 0.481 e. The third-order valence-electron chi connectivity index (χ3n) is 2.89. The lowest BCUT2D eigenvalue weighted by Crippen LogP contribution is -2.51. The number of hydrogen-bond donors (Lipinski definition) is 7. The molecule has 0 aromatic rings. The van der Waals surface area contributed by atoms with Gasteiger partial charge in [0.25, 0.3) is 5.91 Å². The van der Waals surface area contributed by atoms with Gasteiger partial charge in [-0.1, -0.05) is 6.42 Å². The molecule has 124 valence electrons. The molecule has 0 saturated carbocycles. The van der Waals surface area contributed by atoms with Crippen LogP contribution in [0.5, 0.6) is 0 Å². The number of carboxylic acid groups (broad SMARTS) is 1. The van der Waals surface area contributed by atoms with Gasteiger partial charge in [-0.3, -0.25) is 9.59 Å². The molecule has 4 atom stereocenters. The number of hydrogen-bond acceptors (Lipinski definition) is 7. The Morgan fingerprint density at radius 2 is 1.57 bits per heavy atom. The van der Waals surface area contributed by atoms with Crippen LogP contribution in [-0.4, -0.2) is 80.1 Å². The maximum Gasteiger partial charge on any atom is 0.303 e. The number of rotatable bonds is 11. The molecule has 0 radical (unpaired) electrons. The van der Waals surface area contributed by atoms with Crippen LogP contribution < -0.4 is 5.32 Å². The Balaban J connectivity index is 3.96. The fraction of sp³-hybridized carbons (Fsp3) is 0.833. The van der Waals surface area contributed by atoms with Crippen LogP contribution in [0.4, 0.5) is 0 Å². The summed E-state index contributed by atoms with van der Waals surface area (Å²) >= 11 is 0. The van der Waals surface area contributed by atoms with Crippen molar-refractivity contribution >= 4 is 11.9 Å². The number of aliphatic hydroxyl groups is 5. The van der Waals surface area contributed by atoms with Gasteiger partial charge < -0.3 is 36.0 Å². The first-order valence-corrected chi connectivity index (χ1v) is 6.63. The molecule has 0 rings (SSSR count). The summed E-state index contributed by atoms with van der Waals surface area (Å²) < 4.78 is 0. The average Bonchev–Trinajstić information content (AvgIpc) is 2.46. The smallest absolute Gasteiger partial charge is 0.303 e. The number of carbonyl (C=O) groups is 2. The molecule has 0 unspecified atom stereocenters. The minimum atomic E-state index is -1.94. The van der Waals surface area contributed by atoms with Gasteiger partial charge in [-0.05, 0) is 12.8 Å². The summed E-state index contributed by atoms with van der Waals surface area (Å²) in [6.07, 6.45) is -5.80. The predicted octanol–water partition coefficient (Wildman–Crippen LogP) is -2.82.